The summed E-state index contributed by atoms with van der Waals surface area (Å²) in [5.41, 5.74) is 6.03. The number of hydrogen-bond donors (Lipinski definition) is 1. The summed E-state index contributed by atoms with van der Waals surface area (Å²) in [5.74, 6) is 0.680. The van der Waals surface area contributed by atoms with Crippen molar-refractivity contribution in [2.24, 2.45) is 11.7 Å². The Bertz CT molecular complexity index is 346. The van der Waals surface area contributed by atoms with Crippen molar-refractivity contribution in [1.29, 1.82) is 0 Å². The van der Waals surface area contributed by atoms with Gasteiger partial charge in [0, 0.05) is 45.6 Å². The molecule has 0 spiro atoms. The fourth-order valence-corrected chi connectivity index (χ4v) is 3.15. The van der Waals surface area contributed by atoms with Gasteiger partial charge in [-0.15, -0.1) is 0 Å². The van der Waals surface area contributed by atoms with E-state index in [4.69, 9.17) is 5.73 Å². The van der Waals surface area contributed by atoms with Crippen LogP contribution < -0.4 is 5.73 Å². The second-order valence-electron chi connectivity index (χ2n) is 5.80. The van der Waals surface area contributed by atoms with Gasteiger partial charge in [-0.2, -0.15) is 0 Å². The molecule has 108 valence electrons. The van der Waals surface area contributed by atoms with Crippen LogP contribution in [-0.2, 0) is 9.59 Å². The van der Waals surface area contributed by atoms with E-state index in [1.54, 1.807) is 6.92 Å². The van der Waals surface area contributed by atoms with Gasteiger partial charge in [0.1, 0.15) is 0 Å². The minimum Gasteiger partial charge on any atom is -0.341 e. The molecule has 2 rings (SSSR count). The summed E-state index contributed by atoms with van der Waals surface area (Å²) in [6.07, 6.45) is 4.75. The second-order valence-corrected chi connectivity index (χ2v) is 5.80. The Kier molecular flexibility index (Phi) is 4.80. The fourth-order valence-electron chi connectivity index (χ4n) is 3.15. The number of nitrogens with two attached hydrogens (primary N) is 1. The van der Waals surface area contributed by atoms with Gasteiger partial charge in [-0.1, -0.05) is 6.42 Å². The molecule has 0 unspecified atom stereocenters. The Morgan fingerprint density at radius 3 is 2.37 bits per heavy atom. The molecule has 5 nitrogen and oxygen atoms in total. The quantitative estimate of drug-likeness (QED) is 0.796. The first-order valence-corrected chi connectivity index (χ1v) is 7.37. The summed E-state index contributed by atoms with van der Waals surface area (Å²) in [6, 6.07) is 0.199. The molecule has 19 heavy (non-hydrogen) atoms. The van der Waals surface area contributed by atoms with Crippen molar-refractivity contribution in [2.45, 2.75) is 45.1 Å². The van der Waals surface area contributed by atoms with Gasteiger partial charge in [0.2, 0.25) is 11.8 Å². The summed E-state index contributed by atoms with van der Waals surface area (Å²) in [4.78, 5) is 27.4. The van der Waals surface area contributed by atoms with E-state index < -0.39 is 0 Å². The monoisotopic (exact) mass is 267 g/mol. The Hall–Kier alpha value is -1.10. The lowest BCUT2D eigenvalue weighted by Gasteiger charge is -2.24. The second kappa shape index (κ2) is 6.37. The average molecular weight is 267 g/mol. The summed E-state index contributed by atoms with van der Waals surface area (Å²) < 4.78 is 0. The van der Waals surface area contributed by atoms with Gasteiger partial charge in [-0.05, 0) is 25.2 Å². The zero-order valence-corrected chi connectivity index (χ0v) is 11.8. The van der Waals surface area contributed by atoms with E-state index in [1.165, 1.54) is 0 Å². The maximum Gasteiger partial charge on any atom is 0.222 e. The molecule has 0 bridgehead atoms. The Morgan fingerprint density at radius 1 is 1.05 bits per heavy atom. The van der Waals surface area contributed by atoms with Gasteiger partial charge >= 0.3 is 0 Å². The molecule has 1 saturated heterocycles. The highest BCUT2D eigenvalue weighted by Gasteiger charge is 2.28. The van der Waals surface area contributed by atoms with Crippen LogP contribution >= 0.6 is 0 Å². The van der Waals surface area contributed by atoms with Crippen LogP contribution in [0.3, 0.4) is 0 Å². The van der Waals surface area contributed by atoms with E-state index in [-0.39, 0.29) is 17.9 Å². The summed E-state index contributed by atoms with van der Waals surface area (Å²) in [5, 5.41) is 0. The number of nitrogens with zero attached hydrogens (tertiary/aromatic N) is 2. The van der Waals surface area contributed by atoms with E-state index in [1.807, 2.05) is 9.80 Å². The normalized spacial score (nSPS) is 28.3. The topological polar surface area (TPSA) is 66.6 Å². The Balaban J connectivity index is 1.84. The number of amides is 2. The largest absolute Gasteiger partial charge is 0.341 e. The highest BCUT2D eigenvalue weighted by atomic mass is 16.2. The lowest BCUT2D eigenvalue weighted by molar-refractivity contribution is -0.133. The van der Waals surface area contributed by atoms with Crippen LogP contribution in [0.5, 0.6) is 0 Å². The van der Waals surface area contributed by atoms with Crippen molar-refractivity contribution in [3.8, 4) is 0 Å². The van der Waals surface area contributed by atoms with E-state index in [9.17, 15) is 9.59 Å². The van der Waals surface area contributed by atoms with Gasteiger partial charge < -0.3 is 15.5 Å². The van der Waals surface area contributed by atoms with Gasteiger partial charge in [0.15, 0.2) is 0 Å². The molecule has 1 aliphatic heterocycles. The summed E-state index contributed by atoms with van der Waals surface area (Å²) in [7, 11) is 0. The molecule has 2 aliphatic rings. The molecule has 2 amide bonds. The Labute approximate surface area is 115 Å². The molecule has 0 aromatic heterocycles. The third kappa shape index (κ3) is 3.69. The van der Waals surface area contributed by atoms with Crippen LogP contribution in [-0.4, -0.2) is 53.8 Å². The predicted molar refractivity (Wildman–Crippen MR) is 73.4 cm³/mol. The van der Waals surface area contributed by atoms with Gasteiger partial charge in [0.25, 0.3) is 0 Å². The number of carbonyl (C=O) groups excluding carboxylic acids is 2. The standard InChI is InChI=1S/C14H25N3O2/c1-11(18)16-6-3-7-17(9-8-16)14(19)10-12-4-2-5-13(12)15/h12-13H,2-10,15H2,1H3/t12-,13+/m0/s1. The van der Waals surface area contributed by atoms with Crippen molar-refractivity contribution < 1.29 is 9.59 Å². The highest BCUT2D eigenvalue weighted by molar-refractivity contribution is 5.77. The third-order valence-electron chi connectivity index (χ3n) is 4.45. The smallest absolute Gasteiger partial charge is 0.222 e. The molecule has 2 atom stereocenters. The van der Waals surface area contributed by atoms with Gasteiger partial charge in [-0.25, -0.2) is 0 Å². The average Bonchev–Trinajstić information content (AvgIpc) is 2.66. The van der Waals surface area contributed by atoms with Crippen molar-refractivity contribution in [3.63, 3.8) is 0 Å². The molecule has 2 N–H and O–H groups in total. The number of carbonyl (C=O) groups is 2. The summed E-state index contributed by atoms with van der Waals surface area (Å²) >= 11 is 0. The van der Waals surface area contributed by atoms with Crippen LogP contribution in [0.25, 0.3) is 0 Å². The number of rotatable bonds is 2. The zero-order chi connectivity index (χ0) is 13.8. The molecule has 1 aliphatic carbocycles. The maximum absolute atomic E-state index is 12.3. The minimum atomic E-state index is 0.104. The highest BCUT2D eigenvalue weighted by Crippen LogP contribution is 2.27. The summed E-state index contributed by atoms with van der Waals surface area (Å²) in [6.45, 7) is 4.46. The first kappa shape index (κ1) is 14.3. The van der Waals surface area contributed by atoms with Gasteiger partial charge in [-0.3, -0.25) is 9.59 Å². The fraction of sp³-hybridized carbons (Fsp3) is 0.857. The zero-order valence-electron chi connectivity index (χ0n) is 11.8. The Morgan fingerprint density at radius 2 is 1.74 bits per heavy atom. The molecule has 1 saturated carbocycles. The van der Waals surface area contributed by atoms with Crippen molar-refractivity contribution >= 4 is 11.8 Å². The minimum absolute atomic E-state index is 0.104. The molecule has 0 radical (unpaired) electrons. The first-order chi connectivity index (χ1) is 9.08. The van der Waals surface area contributed by atoms with Crippen LogP contribution in [0.4, 0.5) is 0 Å². The van der Waals surface area contributed by atoms with Crippen LogP contribution in [0.2, 0.25) is 0 Å². The molecular weight excluding hydrogens is 242 g/mol. The number of hydrogen-bond acceptors (Lipinski definition) is 3. The SMILES string of the molecule is CC(=O)N1CCCN(C(=O)C[C@@H]2CCC[C@H]2N)CC1. The van der Waals surface area contributed by atoms with Crippen LogP contribution in [0.15, 0.2) is 0 Å². The predicted octanol–water partition coefficient (Wildman–Crippen LogP) is 0.585. The first-order valence-electron chi connectivity index (χ1n) is 7.37. The third-order valence-corrected chi connectivity index (χ3v) is 4.45. The van der Waals surface area contributed by atoms with E-state index in [2.05, 4.69) is 0 Å². The van der Waals surface area contributed by atoms with Crippen molar-refractivity contribution in [1.82, 2.24) is 9.80 Å². The molecule has 1 heterocycles. The van der Waals surface area contributed by atoms with Gasteiger partial charge in [0.05, 0.1) is 0 Å². The van der Waals surface area contributed by atoms with E-state index in [0.29, 0.717) is 25.4 Å². The van der Waals surface area contributed by atoms with Crippen molar-refractivity contribution in [3.05, 3.63) is 0 Å². The lowest BCUT2D eigenvalue weighted by atomic mass is 9.99. The van der Waals surface area contributed by atoms with E-state index in [0.717, 1.165) is 38.8 Å². The molecule has 0 aromatic rings. The molecule has 0 aromatic carbocycles. The molecule has 2 fully saturated rings. The molecular formula is C14H25N3O2. The maximum atomic E-state index is 12.3. The lowest BCUT2D eigenvalue weighted by Crippen LogP contribution is -2.38. The molecule has 5 heteroatoms. The van der Waals surface area contributed by atoms with E-state index >= 15 is 0 Å². The van der Waals surface area contributed by atoms with Crippen LogP contribution in [0.1, 0.15) is 39.0 Å². The van der Waals surface area contributed by atoms with Crippen molar-refractivity contribution in [2.75, 3.05) is 26.2 Å². The van der Waals surface area contributed by atoms with Crippen LogP contribution in [0, 0.1) is 5.92 Å².